The normalized spacial score (nSPS) is 19.0. The number of allylic oxidation sites excluding steroid dienone is 1. The SMILES string of the molecule is IC=C1CC1. The van der Waals surface area contributed by atoms with Gasteiger partial charge in [0.25, 0.3) is 0 Å². The molecule has 0 nitrogen and oxygen atoms in total. The molecular formula is C4H5I. The summed E-state index contributed by atoms with van der Waals surface area (Å²) in [5, 5.41) is 0. The van der Waals surface area contributed by atoms with Crippen molar-refractivity contribution in [3.63, 3.8) is 0 Å². The lowest BCUT2D eigenvalue weighted by atomic mass is 10.7. The number of rotatable bonds is 0. The minimum Gasteiger partial charge on any atom is -0.0635 e. The molecule has 0 aliphatic heterocycles. The van der Waals surface area contributed by atoms with Gasteiger partial charge in [0, 0.05) is 0 Å². The fraction of sp³-hybridized carbons (Fsp3) is 0.500. The van der Waals surface area contributed by atoms with E-state index in [4.69, 9.17) is 0 Å². The topological polar surface area (TPSA) is 0 Å². The Morgan fingerprint density at radius 2 is 2.20 bits per heavy atom. The highest BCUT2D eigenvalue weighted by molar-refractivity contribution is 14.1. The van der Waals surface area contributed by atoms with Gasteiger partial charge in [0.2, 0.25) is 0 Å². The van der Waals surface area contributed by atoms with Crippen molar-refractivity contribution >= 4 is 22.6 Å². The van der Waals surface area contributed by atoms with E-state index in [-0.39, 0.29) is 0 Å². The Balaban J connectivity index is 2.46. The maximum atomic E-state index is 2.28. The van der Waals surface area contributed by atoms with Gasteiger partial charge >= 0.3 is 0 Å². The summed E-state index contributed by atoms with van der Waals surface area (Å²) in [7, 11) is 0. The lowest BCUT2D eigenvalue weighted by molar-refractivity contribution is 1.50. The van der Waals surface area contributed by atoms with Gasteiger partial charge in [-0.3, -0.25) is 0 Å². The van der Waals surface area contributed by atoms with Crippen LogP contribution in [0.15, 0.2) is 9.66 Å². The van der Waals surface area contributed by atoms with Crippen molar-refractivity contribution in [1.82, 2.24) is 0 Å². The van der Waals surface area contributed by atoms with Crippen LogP contribution in [0.3, 0.4) is 0 Å². The zero-order chi connectivity index (χ0) is 3.70. The van der Waals surface area contributed by atoms with Crippen molar-refractivity contribution in [3.05, 3.63) is 9.66 Å². The molecule has 0 bridgehead atoms. The average Bonchev–Trinajstić information content (AvgIpc) is 2.12. The minimum atomic E-state index is 1.36. The summed E-state index contributed by atoms with van der Waals surface area (Å²) >= 11 is 2.28. The van der Waals surface area contributed by atoms with Crippen LogP contribution in [0.5, 0.6) is 0 Å². The predicted octanol–water partition coefficient (Wildman–Crippen LogP) is 2.10. The van der Waals surface area contributed by atoms with Crippen molar-refractivity contribution in [2.24, 2.45) is 0 Å². The van der Waals surface area contributed by atoms with Crippen LogP contribution in [0.2, 0.25) is 0 Å². The number of halogens is 1. The third kappa shape index (κ3) is 0.911. The van der Waals surface area contributed by atoms with Gasteiger partial charge in [0.1, 0.15) is 0 Å². The largest absolute Gasteiger partial charge is 0.0635 e. The molecule has 1 heteroatoms. The summed E-state index contributed by atoms with van der Waals surface area (Å²) in [4.78, 5) is 0. The van der Waals surface area contributed by atoms with Gasteiger partial charge in [0.05, 0.1) is 0 Å². The first-order chi connectivity index (χ1) is 2.43. The Bertz CT molecular complexity index is 58.0. The van der Waals surface area contributed by atoms with E-state index in [9.17, 15) is 0 Å². The Hall–Kier alpha value is 0.470. The molecule has 0 unspecified atom stereocenters. The molecule has 0 aromatic heterocycles. The molecule has 0 heterocycles. The Morgan fingerprint density at radius 3 is 2.20 bits per heavy atom. The van der Waals surface area contributed by atoms with Gasteiger partial charge in [0.15, 0.2) is 0 Å². The van der Waals surface area contributed by atoms with E-state index in [1.165, 1.54) is 12.8 Å². The average molecular weight is 180 g/mol. The van der Waals surface area contributed by atoms with Gasteiger partial charge in [-0.1, -0.05) is 28.2 Å². The minimum absolute atomic E-state index is 1.36. The van der Waals surface area contributed by atoms with Gasteiger partial charge in [-0.15, -0.1) is 0 Å². The summed E-state index contributed by atoms with van der Waals surface area (Å²) in [6.45, 7) is 0. The maximum absolute atomic E-state index is 2.28. The molecule has 5 heavy (non-hydrogen) atoms. The molecule has 0 spiro atoms. The molecular weight excluding hydrogens is 175 g/mol. The molecule has 1 fully saturated rings. The van der Waals surface area contributed by atoms with Crippen LogP contribution < -0.4 is 0 Å². The van der Waals surface area contributed by atoms with Crippen LogP contribution in [0.1, 0.15) is 12.8 Å². The van der Waals surface area contributed by atoms with E-state index in [2.05, 4.69) is 26.7 Å². The van der Waals surface area contributed by atoms with E-state index in [1.54, 1.807) is 5.57 Å². The first-order valence-electron chi connectivity index (χ1n) is 1.71. The molecule has 0 N–H and O–H groups in total. The zero-order valence-electron chi connectivity index (χ0n) is 2.87. The number of hydrogen-bond acceptors (Lipinski definition) is 0. The molecule has 1 aliphatic rings. The molecule has 0 radical (unpaired) electrons. The van der Waals surface area contributed by atoms with Crippen LogP contribution in [0, 0.1) is 0 Å². The highest BCUT2D eigenvalue weighted by Crippen LogP contribution is 2.28. The van der Waals surface area contributed by atoms with Crippen molar-refractivity contribution < 1.29 is 0 Å². The fourth-order valence-electron chi connectivity index (χ4n) is 0.181. The third-order valence-corrected chi connectivity index (χ3v) is 1.57. The van der Waals surface area contributed by atoms with Crippen LogP contribution in [-0.2, 0) is 0 Å². The molecule has 0 atom stereocenters. The van der Waals surface area contributed by atoms with E-state index in [1.807, 2.05) is 0 Å². The molecule has 0 aromatic rings. The lowest BCUT2D eigenvalue weighted by Crippen LogP contribution is -1.23. The molecule has 1 saturated carbocycles. The maximum Gasteiger partial charge on any atom is -0.0242 e. The second kappa shape index (κ2) is 1.29. The second-order valence-corrected chi connectivity index (χ2v) is 1.89. The summed E-state index contributed by atoms with van der Waals surface area (Å²) in [6.07, 6.45) is 2.73. The molecule has 28 valence electrons. The Kier molecular flexibility index (Phi) is 0.939. The van der Waals surface area contributed by atoms with Crippen molar-refractivity contribution in [2.45, 2.75) is 12.8 Å². The monoisotopic (exact) mass is 180 g/mol. The van der Waals surface area contributed by atoms with E-state index in [0.717, 1.165) is 0 Å². The zero-order valence-corrected chi connectivity index (χ0v) is 5.03. The highest BCUT2D eigenvalue weighted by atomic mass is 127. The van der Waals surface area contributed by atoms with Crippen LogP contribution in [0.4, 0.5) is 0 Å². The van der Waals surface area contributed by atoms with Gasteiger partial charge in [-0.25, -0.2) is 0 Å². The molecule has 1 rings (SSSR count). The number of hydrogen-bond donors (Lipinski definition) is 0. The van der Waals surface area contributed by atoms with Crippen LogP contribution in [0.25, 0.3) is 0 Å². The van der Waals surface area contributed by atoms with Crippen molar-refractivity contribution in [2.75, 3.05) is 0 Å². The molecule has 0 saturated heterocycles. The second-order valence-electron chi connectivity index (χ2n) is 1.27. The van der Waals surface area contributed by atoms with Crippen LogP contribution >= 0.6 is 22.6 Å². The molecule has 1 aliphatic carbocycles. The fourth-order valence-corrected chi connectivity index (χ4v) is 0.804. The van der Waals surface area contributed by atoms with Gasteiger partial charge in [-0.05, 0) is 16.9 Å². The quantitative estimate of drug-likeness (QED) is 0.500. The summed E-state index contributed by atoms with van der Waals surface area (Å²) in [5.41, 5.74) is 1.62. The summed E-state index contributed by atoms with van der Waals surface area (Å²) in [6, 6.07) is 0. The first kappa shape index (κ1) is 3.65. The Labute approximate surface area is 45.4 Å². The first-order valence-corrected chi connectivity index (χ1v) is 2.96. The third-order valence-electron chi connectivity index (χ3n) is 0.693. The van der Waals surface area contributed by atoms with Gasteiger partial charge < -0.3 is 0 Å². The summed E-state index contributed by atoms with van der Waals surface area (Å²) < 4.78 is 2.16. The van der Waals surface area contributed by atoms with Crippen molar-refractivity contribution in [1.29, 1.82) is 0 Å². The highest BCUT2D eigenvalue weighted by Gasteiger charge is 2.07. The van der Waals surface area contributed by atoms with Crippen molar-refractivity contribution in [3.8, 4) is 0 Å². The standard InChI is InChI=1S/C4H5I/c5-3-4-1-2-4/h3H,1-2H2. The Morgan fingerprint density at radius 1 is 1.60 bits per heavy atom. The predicted molar refractivity (Wildman–Crippen MR) is 31.3 cm³/mol. The van der Waals surface area contributed by atoms with Gasteiger partial charge in [-0.2, -0.15) is 0 Å². The van der Waals surface area contributed by atoms with Crippen LogP contribution in [-0.4, -0.2) is 0 Å². The molecule has 0 aromatic carbocycles. The van der Waals surface area contributed by atoms with E-state index in [0.29, 0.717) is 0 Å². The van der Waals surface area contributed by atoms with E-state index >= 15 is 0 Å². The molecule has 0 amide bonds. The lowest BCUT2D eigenvalue weighted by Gasteiger charge is -1.50. The van der Waals surface area contributed by atoms with E-state index < -0.39 is 0 Å². The smallest absolute Gasteiger partial charge is 0.0242 e. The summed E-state index contributed by atoms with van der Waals surface area (Å²) in [5.74, 6) is 0.